The summed E-state index contributed by atoms with van der Waals surface area (Å²) in [5, 5.41) is 8.97. The number of carbonyl (C=O) groups is 1. The molecule has 0 radical (unpaired) electrons. The molecule has 9 heavy (non-hydrogen) atoms. The summed E-state index contributed by atoms with van der Waals surface area (Å²) < 4.78 is 4.57. The third-order valence-corrected chi connectivity index (χ3v) is 1.42. The van der Waals surface area contributed by atoms with Crippen LogP contribution in [0.2, 0.25) is 0 Å². The van der Waals surface area contributed by atoms with Crippen molar-refractivity contribution in [1.29, 1.82) is 0 Å². The van der Waals surface area contributed by atoms with Gasteiger partial charge in [-0.1, -0.05) is 0 Å². The summed E-state index contributed by atoms with van der Waals surface area (Å²) >= 11 is 0. The Hall–Kier alpha value is -0.610. The lowest BCUT2D eigenvalue weighted by molar-refractivity contribution is -0.141. The fourth-order valence-corrected chi connectivity index (χ4v) is 0.763. The number of hydrogen-bond acceptors (Lipinski definition) is 4. The Morgan fingerprint density at radius 1 is 1.78 bits per heavy atom. The lowest BCUT2D eigenvalue weighted by atomic mass is 10.1. The second-order valence-corrected chi connectivity index (χ2v) is 2.16. The van der Waals surface area contributed by atoms with E-state index >= 15 is 0 Å². The fraction of sp³-hybridized carbons (Fsp3) is 0.800. The molecule has 4 nitrogen and oxygen atoms in total. The Balaban J connectivity index is 2.65. The zero-order valence-corrected chi connectivity index (χ0v) is 5.07. The maximum Gasteiger partial charge on any atom is 0.326 e. The van der Waals surface area contributed by atoms with Gasteiger partial charge >= 0.3 is 5.97 Å². The van der Waals surface area contributed by atoms with E-state index in [-0.39, 0.29) is 0 Å². The van der Waals surface area contributed by atoms with Gasteiger partial charge < -0.3 is 15.6 Å². The van der Waals surface area contributed by atoms with Crippen molar-refractivity contribution in [3.8, 4) is 0 Å². The van der Waals surface area contributed by atoms with Gasteiger partial charge in [0.25, 0.3) is 0 Å². The third-order valence-electron chi connectivity index (χ3n) is 1.42. The van der Waals surface area contributed by atoms with Crippen molar-refractivity contribution in [1.82, 2.24) is 0 Å². The maximum atomic E-state index is 10.5. The number of esters is 1. The molecule has 0 aliphatic carbocycles. The molecule has 0 bridgehead atoms. The van der Waals surface area contributed by atoms with Gasteiger partial charge in [-0.2, -0.15) is 0 Å². The number of cyclic esters (lactones) is 1. The topological polar surface area (TPSA) is 72.5 Å². The molecule has 1 rings (SSSR count). The fourth-order valence-electron chi connectivity index (χ4n) is 0.763. The zero-order valence-electron chi connectivity index (χ0n) is 5.07. The highest BCUT2D eigenvalue weighted by molar-refractivity contribution is 5.78. The second-order valence-electron chi connectivity index (χ2n) is 2.16. The van der Waals surface area contributed by atoms with E-state index in [4.69, 9.17) is 10.8 Å². The molecular weight excluding hydrogens is 122 g/mol. The third kappa shape index (κ3) is 0.906. The monoisotopic (exact) mass is 131 g/mol. The van der Waals surface area contributed by atoms with Crippen LogP contribution in [0.25, 0.3) is 0 Å². The van der Waals surface area contributed by atoms with Gasteiger partial charge in [0.1, 0.15) is 18.2 Å². The van der Waals surface area contributed by atoms with Crippen LogP contribution < -0.4 is 5.73 Å². The van der Waals surface area contributed by atoms with Crippen molar-refractivity contribution in [3.05, 3.63) is 0 Å². The van der Waals surface area contributed by atoms with Crippen molar-refractivity contribution in [3.63, 3.8) is 0 Å². The van der Waals surface area contributed by atoms with E-state index in [1.165, 1.54) is 0 Å². The van der Waals surface area contributed by atoms with Crippen molar-refractivity contribution in [2.45, 2.75) is 25.2 Å². The molecule has 3 N–H and O–H groups in total. The highest BCUT2D eigenvalue weighted by atomic mass is 16.6. The molecular formula is C5H9NO3. The zero-order chi connectivity index (χ0) is 7.02. The Morgan fingerprint density at radius 3 is 2.44 bits per heavy atom. The normalized spacial score (nSPS) is 43.0. The molecule has 1 aliphatic rings. The van der Waals surface area contributed by atoms with Crippen LogP contribution in [0.1, 0.15) is 6.92 Å². The van der Waals surface area contributed by atoms with Gasteiger partial charge in [0.05, 0.1) is 0 Å². The number of rotatable bonds is 0. The highest BCUT2D eigenvalue weighted by Gasteiger charge is 2.38. The van der Waals surface area contributed by atoms with Crippen LogP contribution in [0.5, 0.6) is 0 Å². The molecule has 0 aromatic carbocycles. The molecule has 3 atom stereocenters. The quantitative estimate of drug-likeness (QED) is 0.397. The van der Waals surface area contributed by atoms with Crippen LogP contribution in [0.4, 0.5) is 0 Å². The van der Waals surface area contributed by atoms with Gasteiger partial charge in [-0.25, -0.2) is 0 Å². The molecule has 1 heterocycles. The lowest BCUT2D eigenvalue weighted by Gasteiger charge is -2.05. The molecule has 1 saturated heterocycles. The summed E-state index contributed by atoms with van der Waals surface area (Å²) in [5.41, 5.74) is 5.19. The van der Waals surface area contributed by atoms with Gasteiger partial charge in [0.2, 0.25) is 0 Å². The first-order chi connectivity index (χ1) is 4.13. The van der Waals surface area contributed by atoms with Crippen LogP contribution in [0, 0.1) is 0 Å². The Bertz CT molecular complexity index is 136. The van der Waals surface area contributed by atoms with E-state index in [0.717, 1.165) is 0 Å². The summed E-state index contributed by atoms with van der Waals surface area (Å²) in [6.45, 7) is 1.61. The molecule has 0 saturated carbocycles. The van der Waals surface area contributed by atoms with Crippen LogP contribution in [0.15, 0.2) is 0 Å². The molecule has 1 aliphatic heterocycles. The van der Waals surface area contributed by atoms with Crippen molar-refractivity contribution in [2.24, 2.45) is 5.73 Å². The van der Waals surface area contributed by atoms with Crippen LogP contribution >= 0.6 is 0 Å². The molecule has 0 spiro atoms. The predicted molar refractivity (Wildman–Crippen MR) is 29.5 cm³/mol. The summed E-state index contributed by atoms with van der Waals surface area (Å²) in [4.78, 5) is 10.5. The smallest absolute Gasteiger partial charge is 0.326 e. The van der Waals surface area contributed by atoms with E-state index in [1.54, 1.807) is 6.92 Å². The van der Waals surface area contributed by atoms with Gasteiger partial charge in [-0.15, -0.1) is 0 Å². The van der Waals surface area contributed by atoms with Gasteiger partial charge in [-0.3, -0.25) is 4.79 Å². The first kappa shape index (κ1) is 6.51. The van der Waals surface area contributed by atoms with E-state index in [2.05, 4.69) is 4.74 Å². The van der Waals surface area contributed by atoms with E-state index < -0.39 is 24.2 Å². The summed E-state index contributed by atoms with van der Waals surface area (Å²) in [6, 6.07) is -0.847. The summed E-state index contributed by atoms with van der Waals surface area (Å²) in [7, 11) is 0. The highest BCUT2D eigenvalue weighted by Crippen LogP contribution is 2.12. The molecule has 0 amide bonds. The minimum absolute atomic E-state index is 0.451. The van der Waals surface area contributed by atoms with Crippen molar-refractivity contribution >= 4 is 5.97 Å². The molecule has 0 aromatic heterocycles. The average molecular weight is 131 g/mol. The lowest BCUT2D eigenvalue weighted by Crippen LogP contribution is -2.37. The SMILES string of the molecule is C[C@H]1OC(=O)[C@H](N)[C@@H]1O. The van der Waals surface area contributed by atoms with Crippen LogP contribution in [0.3, 0.4) is 0 Å². The Morgan fingerprint density at radius 2 is 2.33 bits per heavy atom. The predicted octanol–water partition coefficient (Wildman–Crippen LogP) is -1.38. The van der Waals surface area contributed by atoms with Crippen molar-refractivity contribution in [2.75, 3.05) is 0 Å². The Labute approximate surface area is 52.6 Å². The molecule has 1 fully saturated rings. The first-order valence-corrected chi connectivity index (χ1v) is 2.77. The van der Waals surface area contributed by atoms with Crippen molar-refractivity contribution < 1.29 is 14.6 Å². The molecule has 52 valence electrons. The van der Waals surface area contributed by atoms with E-state index in [9.17, 15) is 4.79 Å². The van der Waals surface area contributed by atoms with E-state index in [0.29, 0.717) is 0 Å². The minimum Gasteiger partial charge on any atom is -0.459 e. The summed E-state index contributed by atoms with van der Waals surface area (Å²) in [5.74, 6) is -0.519. The van der Waals surface area contributed by atoms with Crippen LogP contribution in [-0.4, -0.2) is 29.3 Å². The number of carbonyl (C=O) groups excluding carboxylic acids is 1. The standard InChI is InChI=1S/C5H9NO3/c1-2-4(7)3(6)5(8)9-2/h2-4,7H,6H2,1H3/t2-,3-,4-/m1/s1. The Kier molecular flexibility index (Phi) is 1.42. The average Bonchev–Trinajstić information content (AvgIpc) is 1.98. The maximum absolute atomic E-state index is 10.5. The first-order valence-electron chi connectivity index (χ1n) is 2.77. The molecule has 0 aromatic rings. The second kappa shape index (κ2) is 1.97. The largest absolute Gasteiger partial charge is 0.459 e. The molecule has 4 heteroatoms. The van der Waals surface area contributed by atoms with Gasteiger partial charge in [0.15, 0.2) is 0 Å². The minimum atomic E-state index is -0.847. The van der Waals surface area contributed by atoms with Crippen LogP contribution in [-0.2, 0) is 9.53 Å². The number of aliphatic hydroxyl groups is 1. The number of ether oxygens (including phenoxy) is 1. The number of aliphatic hydroxyl groups excluding tert-OH is 1. The van der Waals surface area contributed by atoms with Gasteiger partial charge in [0, 0.05) is 0 Å². The number of nitrogens with two attached hydrogens (primary N) is 1. The summed E-state index contributed by atoms with van der Waals surface area (Å²) in [6.07, 6.45) is -1.29. The molecule has 0 unspecified atom stereocenters. The van der Waals surface area contributed by atoms with E-state index in [1.807, 2.05) is 0 Å². The number of hydrogen-bond donors (Lipinski definition) is 2. The van der Waals surface area contributed by atoms with Gasteiger partial charge in [-0.05, 0) is 6.92 Å².